The molecule has 0 bridgehead atoms. The van der Waals surface area contributed by atoms with Crippen LogP contribution in [0.1, 0.15) is 271 Å². The standard InChI is InChI=1S/C76H120O6/c1-4-7-10-13-16-19-22-24-26-28-30-32-33-34-35-36-37-38-39-40-41-42-43-45-46-48-50-52-54-57-60-63-66-69-75(78)81-72-73(71-80-74(77)68-65-62-59-56-21-18-15-12-9-6-3)82-76(79)70-67-64-61-58-55-53-51-49-47-44-31-29-27-25-23-20-17-14-11-8-5-2/h7-8,10-11,16-17,19-20,24-27,30-32,34-35,37-38,40-41,43-45,49,51,55,58,73H,4-6,9,12-15,18,21-23,28-29,33,36,39,42,46-48,50,52-54,56-57,59-72H2,1-3H3/b10-7-,11-8-,19-16-,20-17-,26-24-,27-25-,32-30-,35-34-,38-37-,41-40-,44-31-,45-43-,51-49-,58-55-. The lowest BCUT2D eigenvalue weighted by Crippen LogP contribution is -2.30. The molecule has 0 saturated carbocycles. The van der Waals surface area contributed by atoms with Crippen LogP contribution in [0.15, 0.2) is 170 Å². The fourth-order valence-electron chi connectivity index (χ4n) is 8.58. The van der Waals surface area contributed by atoms with Crippen LogP contribution >= 0.6 is 0 Å². The second-order valence-electron chi connectivity index (χ2n) is 21.3. The van der Waals surface area contributed by atoms with Gasteiger partial charge >= 0.3 is 17.9 Å². The van der Waals surface area contributed by atoms with Crippen molar-refractivity contribution in [1.29, 1.82) is 0 Å². The molecule has 0 aromatic heterocycles. The number of carbonyl (C=O) groups excluding carboxylic acids is 3. The Hall–Kier alpha value is -5.23. The number of unbranched alkanes of at least 4 members (excludes halogenated alkanes) is 19. The number of esters is 3. The summed E-state index contributed by atoms with van der Waals surface area (Å²) in [6.07, 6.45) is 101. The maximum absolute atomic E-state index is 12.9. The van der Waals surface area contributed by atoms with E-state index < -0.39 is 6.10 Å². The first-order valence-electron chi connectivity index (χ1n) is 33.1. The van der Waals surface area contributed by atoms with Gasteiger partial charge in [-0.15, -0.1) is 0 Å². The zero-order valence-corrected chi connectivity index (χ0v) is 52.7. The largest absolute Gasteiger partial charge is 0.462 e. The van der Waals surface area contributed by atoms with Crippen molar-refractivity contribution >= 4 is 17.9 Å². The maximum atomic E-state index is 12.9. The van der Waals surface area contributed by atoms with Gasteiger partial charge in [-0.2, -0.15) is 0 Å². The van der Waals surface area contributed by atoms with Gasteiger partial charge in [0, 0.05) is 19.3 Å². The van der Waals surface area contributed by atoms with Crippen LogP contribution in [-0.4, -0.2) is 37.2 Å². The van der Waals surface area contributed by atoms with Gasteiger partial charge < -0.3 is 14.2 Å². The van der Waals surface area contributed by atoms with Crippen molar-refractivity contribution in [3.05, 3.63) is 170 Å². The summed E-state index contributed by atoms with van der Waals surface area (Å²) >= 11 is 0. The number of ether oxygens (including phenoxy) is 3. The van der Waals surface area contributed by atoms with Crippen molar-refractivity contribution < 1.29 is 28.6 Å². The highest BCUT2D eigenvalue weighted by molar-refractivity contribution is 5.71. The number of allylic oxidation sites excluding steroid dienone is 28. The predicted molar refractivity (Wildman–Crippen MR) is 357 cm³/mol. The van der Waals surface area contributed by atoms with Crippen LogP contribution in [-0.2, 0) is 28.6 Å². The molecule has 0 radical (unpaired) electrons. The third-order valence-corrected chi connectivity index (χ3v) is 13.5. The Labute approximate surface area is 504 Å². The second-order valence-corrected chi connectivity index (χ2v) is 21.3. The average Bonchev–Trinajstić information content (AvgIpc) is 3.48. The van der Waals surface area contributed by atoms with E-state index in [0.29, 0.717) is 19.3 Å². The van der Waals surface area contributed by atoms with E-state index in [4.69, 9.17) is 14.2 Å². The van der Waals surface area contributed by atoms with Gasteiger partial charge in [-0.25, -0.2) is 0 Å². The summed E-state index contributed by atoms with van der Waals surface area (Å²) in [4.78, 5) is 38.2. The second kappa shape index (κ2) is 68.3. The molecule has 1 atom stereocenters. The minimum Gasteiger partial charge on any atom is -0.462 e. The molecule has 0 heterocycles. The van der Waals surface area contributed by atoms with Gasteiger partial charge in [0.25, 0.3) is 0 Å². The SMILES string of the molecule is CC/C=C\C/C=C\C/C=C\C/C=C\C/C=C\C/C=C\C/C=C\C/C=C\CCCCCCCCCCC(=O)OCC(COC(=O)CCCCCCCCCCCC)OC(=O)CCCC/C=C\C/C=C\C/C=C\C/C=C\C/C=C\C/C=C\CC. The third kappa shape index (κ3) is 65.6. The number of carbonyl (C=O) groups is 3. The topological polar surface area (TPSA) is 78.9 Å². The Balaban J connectivity index is 4.33. The van der Waals surface area contributed by atoms with Gasteiger partial charge in [0.2, 0.25) is 0 Å². The van der Waals surface area contributed by atoms with Crippen molar-refractivity contribution in [1.82, 2.24) is 0 Å². The smallest absolute Gasteiger partial charge is 0.306 e. The molecular formula is C76H120O6. The van der Waals surface area contributed by atoms with Crippen LogP contribution in [0, 0.1) is 0 Å². The molecule has 0 spiro atoms. The molecule has 6 nitrogen and oxygen atoms in total. The van der Waals surface area contributed by atoms with E-state index in [-0.39, 0.29) is 37.5 Å². The summed E-state index contributed by atoms with van der Waals surface area (Å²) in [5.41, 5.74) is 0. The molecule has 0 fully saturated rings. The average molecular weight is 1130 g/mol. The van der Waals surface area contributed by atoms with Crippen LogP contribution < -0.4 is 0 Å². The minimum absolute atomic E-state index is 0.103. The first-order valence-corrected chi connectivity index (χ1v) is 33.1. The third-order valence-electron chi connectivity index (χ3n) is 13.5. The zero-order valence-electron chi connectivity index (χ0n) is 52.7. The predicted octanol–water partition coefficient (Wildman–Crippen LogP) is 23.0. The van der Waals surface area contributed by atoms with E-state index in [2.05, 4.69) is 191 Å². The van der Waals surface area contributed by atoms with Crippen molar-refractivity contribution in [3.8, 4) is 0 Å². The van der Waals surface area contributed by atoms with E-state index in [1.807, 2.05) is 0 Å². The Morgan fingerprint density at radius 3 is 0.768 bits per heavy atom. The number of hydrogen-bond donors (Lipinski definition) is 0. The minimum atomic E-state index is -0.812. The van der Waals surface area contributed by atoms with Crippen LogP contribution in [0.25, 0.3) is 0 Å². The van der Waals surface area contributed by atoms with Crippen molar-refractivity contribution in [2.75, 3.05) is 13.2 Å². The van der Waals surface area contributed by atoms with Gasteiger partial charge in [-0.3, -0.25) is 14.4 Å². The molecule has 0 aliphatic heterocycles. The summed E-state index contributed by atoms with van der Waals surface area (Å²) in [5.74, 6) is -0.961. The highest BCUT2D eigenvalue weighted by atomic mass is 16.6. The van der Waals surface area contributed by atoms with Crippen LogP contribution in [0.4, 0.5) is 0 Å². The number of rotatable bonds is 58. The molecule has 0 aliphatic rings. The summed E-state index contributed by atoms with van der Waals surface area (Å²) in [6, 6.07) is 0. The Kier molecular flexibility index (Phi) is 63.9. The molecule has 0 N–H and O–H groups in total. The highest BCUT2D eigenvalue weighted by Gasteiger charge is 2.19. The summed E-state index contributed by atoms with van der Waals surface area (Å²) < 4.78 is 16.9. The van der Waals surface area contributed by atoms with Gasteiger partial charge in [0.1, 0.15) is 13.2 Å². The van der Waals surface area contributed by atoms with Gasteiger partial charge in [-0.1, -0.05) is 287 Å². The molecule has 0 amide bonds. The molecular weight excluding hydrogens is 1010 g/mol. The molecule has 0 aromatic rings. The first-order chi connectivity index (χ1) is 40.5. The Morgan fingerprint density at radius 2 is 0.476 bits per heavy atom. The van der Waals surface area contributed by atoms with Crippen molar-refractivity contribution in [3.63, 3.8) is 0 Å². The van der Waals surface area contributed by atoms with Crippen LogP contribution in [0.5, 0.6) is 0 Å². The first kappa shape index (κ1) is 76.8. The maximum Gasteiger partial charge on any atom is 0.306 e. The van der Waals surface area contributed by atoms with E-state index in [0.717, 1.165) is 148 Å². The molecule has 0 rings (SSSR count). The number of hydrogen-bond acceptors (Lipinski definition) is 6. The molecule has 0 aliphatic carbocycles. The zero-order chi connectivity index (χ0) is 59.2. The summed E-state index contributed by atoms with van der Waals surface area (Å²) in [5, 5.41) is 0. The molecule has 82 heavy (non-hydrogen) atoms. The Bertz CT molecular complexity index is 1870. The van der Waals surface area contributed by atoms with Gasteiger partial charge in [0.15, 0.2) is 6.10 Å². The molecule has 0 aromatic carbocycles. The van der Waals surface area contributed by atoms with Crippen LogP contribution in [0.2, 0.25) is 0 Å². The fourth-order valence-corrected chi connectivity index (χ4v) is 8.58. The molecule has 6 heteroatoms. The van der Waals surface area contributed by atoms with E-state index in [9.17, 15) is 14.4 Å². The monoisotopic (exact) mass is 1130 g/mol. The highest BCUT2D eigenvalue weighted by Crippen LogP contribution is 2.15. The van der Waals surface area contributed by atoms with Crippen LogP contribution in [0.3, 0.4) is 0 Å². The van der Waals surface area contributed by atoms with Gasteiger partial charge in [-0.05, 0) is 135 Å². The lowest BCUT2D eigenvalue weighted by Gasteiger charge is -2.18. The van der Waals surface area contributed by atoms with E-state index in [1.165, 1.54) is 77.0 Å². The quantitative estimate of drug-likeness (QED) is 0.0261. The van der Waals surface area contributed by atoms with E-state index >= 15 is 0 Å². The van der Waals surface area contributed by atoms with Crippen molar-refractivity contribution in [2.24, 2.45) is 0 Å². The van der Waals surface area contributed by atoms with E-state index in [1.54, 1.807) is 0 Å². The molecule has 1 unspecified atom stereocenters. The fraction of sp³-hybridized carbons (Fsp3) is 0.592. The van der Waals surface area contributed by atoms with Crippen molar-refractivity contribution in [2.45, 2.75) is 277 Å². The molecule has 460 valence electrons. The lowest BCUT2D eigenvalue weighted by molar-refractivity contribution is -0.167. The Morgan fingerprint density at radius 1 is 0.256 bits per heavy atom. The van der Waals surface area contributed by atoms with Gasteiger partial charge in [0.05, 0.1) is 0 Å². The normalized spacial score (nSPS) is 13.3. The lowest BCUT2D eigenvalue weighted by atomic mass is 10.1. The summed E-state index contributed by atoms with van der Waals surface area (Å²) in [7, 11) is 0. The molecule has 0 saturated heterocycles. The summed E-state index contributed by atoms with van der Waals surface area (Å²) in [6.45, 7) is 6.35.